The molecule has 2 aromatic rings. The van der Waals surface area contributed by atoms with Gasteiger partial charge in [-0.2, -0.15) is 0 Å². The number of fused-ring (bicyclic) bond motifs is 1. The zero-order chi connectivity index (χ0) is 21.7. The van der Waals surface area contributed by atoms with Gasteiger partial charge in [0.1, 0.15) is 0 Å². The fourth-order valence-electron chi connectivity index (χ4n) is 3.23. The normalized spacial score (nSPS) is 12.7. The molecule has 8 heteroatoms. The summed E-state index contributed by atoms with van der Waals surface area (Å²) in [5.41, 5.74) is 1.72. The number of halogens is 1. The molecule has 0 spiro atoms. The number of hydrogen-bond donors (Lipinski definition) is 0. The minimum atomic E-state index is -0.337. The summed E-state index contributed by atoms with van der Waals surface area (Å²) < 4.78 is 16.4. The van der Waals surface area contributed by atoms with Gasteiger partial charge in [0, 0.05) is 17.4 Å². The number of aryl methyl sites for hydroxylation is 1. The second-order valence-corrected chi connectivity index (χ2v) is 7.63. The molecular formula is C22H22BrNO6. The lowest BCUT2D eigenvalue weighted by atomic mass is 10.1. The number of imide groups is 1. The lowest BCUT2D eigenvalue weighted by Crippen LogP contribution is -2.31. The molecule has 0 saturated carbocycles. The summed E-state index contributed by atoms with van der Waals surface area (Å²) in [4.78, 5) is 38.0. The van der Waals surface area contributed by atoms with E-state index in [9.17, 15) is 14.4 Å². The number of methoxy groups -OCH3 is 2. The molecule has 2 amide bonds. The van der Waals surface area contributed by atoms with Gasteiger partial charge in [0.25, 0.3) is 11.8 Å². The van der Waals surface area contributed by atoms with Gasteiger partial charge in [-0.1, -0.05) is 22.0 Å². The summed E-state index contributed by atoms with van der Waals surface area (Å²) in [6.45, 7) is 0.342. The quantitative estimate of drug-likeness (QED) is 0.313. The maximum Gasteiger partial charge on any atom is 0.306 e. The van der Waals surface area contributed by atoms with Gasteiger partial charge in [0.05, 0.1) is 32.0 Å². The third-order valence-corrected chi connectivity index (χ3v) is 5.28. The second kappa shape index (κ2) is 9.75. The van der Waals surface area contributed by atoms with Crippen LogP contribution in [0.5, 0.6) is 11.5 Å². The van der Waals surface area contributed by atoms with Gasteiger partial charge in [-0.3, -0.25) is 19.3 Å². The number of rotatable bonds is 9. The molecule has 0 aliphatic carbocycles. The van der Waals surface area contributed by atoms with Gasteiger partial charge in [0.15, 0.2) is 11.5 Å². The number of carbonyl (C=O) groups excluding carboxylic acids is 3. The van der Waals surface area contributed by atoms with E-state index < -0.39 is 0 Å². The molecule has 0 bridgehead atoms. The van der Waals surface area contributed by atoms with E-state index >= 15 is 0 Å². The predicted molar refractivity (Wildman–Crippen MR) is 113 cm³/mol. The molecular weight excluding hydrogens is 454 g/mol. The number of benzene rings is 2. The molecule has 0 N–H and O–H groups in total. The van der Waals surface area contributed by atoms with E-state index in [0.717, 1.165) is 10.0 Å². The lowest BCUT2D eigenvalue weighted by Gasteiger charge is -2.13. The number of nitrogens with zero attached hydrogens (tertiary/aromatic N) is 1. The van der Waals surface area contributed by atoms with Crippen molar-refractivity contribution in [3.63, 3.8) is 0 Å². The Morgan fingerprint density at radius 1 is 0.967 bits per heavy atom. The molecule has 0 aromatic heterocycles. The minimum absolute atomic E-state index is 0.141. The molecule has 0 saturated heterocycles. The van der Waals surface area contributed by atoms with Crippen LogP contribution in [0.2, 0.25) is 0 Å². The van der Waals surface area contributed by atoms with Crippen LogP contribution in [0.25, 0.3) is 0 Å². The second-order valence-electron chi connectivity index (χ2n) is 6.72. The van der Waals surface area contributed by atoms with Gasteiger partial charge in [-0.05, 0) is 48.7 Å². The average Bonchev–Trinajstić information content (AvgIpc) is 2.98. The van der Waals surface area contributed by atoms with Crippen molar-refractivity contribution in [2.75, 3.05) is 27.4 Å². The van der Waals surface area contributed by atoms with Crippen LogP contribution < -0.4 is 9.47 Å². The number of hydrogen-bond acceptors (Lipinski definition) is 6. The maximum atomic E-state index is 12.4. The first-order chi connectivity index (χ1) is 14.4. The molecule has 1 heterocycles. The zero-order valence-corrected chi connectivity index (χ0v) is 18.4. The van der Waals surface area contributed by atoms with Crippen LogP contribution in [-0.2, 0) is 16.0 Å². The third-order valence-electron chi connectivity index (χ3n) is 4.79. The van der Waals surface area contributed by atoms with Crippen molar-refractivity contribution in [3.05, 3.63) is 57.6 Å². The van der Waals surface area contributed by atoms with Crippen LogP contribution in [0.15, 0.2) is 40.9 Å². The van der Waals surface area contributed by atoms with Crippen molar-refractivity contribution in [1.82, 2.24) is 4.90 Å². The minimum Gasteiger partial charge on any atom is -0.493 e. The molecule has 0 unspecified atom stereocenters. The fraction of sp³-hybridized carbons (Fsp3) is 0.318. The Morgan fingerprint density at radius 2 is 1.70 bits per heavy atom. The van der Waals surface area contributed by atoms with Gasteiger partial charge in [-0.15, -0.1) is 0 Å². The van der Waals surface area contributed by atoms with Gasteiger partial charge in [0.2, 0.25) is 0 Å². The van der Waals surface area contributed by atoms with Crippen molar-refractivity contribution < 1.29 is 28.6 Å². The topological polar surface area (TPSA) is 82.1 Å². The standard InChI is InChI=1S/C22H22BrNO6/c1-28-18-8-4-14(12-19(18)29-2)5-9-20(25)30-11-3-10-24-21(26)16-7-6-15(23)13-17(16)22(24)27/h4,6-8,12-13H,3,5,9-11H2,1-2H3. The van der Waals surface area contributed by atoms with Crippen LogP contribution >= 0.6 is 15.9 Å². The molecule has 7 nitrogen and oxygen atoms in total. The maximum absolute atomic E-state index is 12.4. The smallest absolute Gasteiger partial charge is 0.306 e. The summed E-state index contributed by atoms with van der Waals surface area (Å²) >= 11 is 3.31. The first-order valence-corrected chi connectivity index (χ1v) is 10.3. The fourth-order valence-corrected chi connectivity index (χ4v) is 3.59. The van der Waals surface area contributed by atoms with Gasteiger partial charge >= 0.3 is 5.97 Å². The SMILES string of the molecule is COc1ccc(CCC(=O)OCCCN2C(=O)c3ccc(Br)cc3C2=O)cc1OC. The summed E-state index contributed by atoms with van der Waals surface area (Å²) in [5.74, 6) is 0.259. The van der Waals surface area contributed by atoms with Crippen molar-refractivity contribution in [3.8, 4) is 11.5 Å². The van der Waals surface area contributed by atoms with E-state index in [-0.39, 0.29) is 37.4 Å². The number of amides is 2. The molecule has 0 radical (unpaired) electrons. The largest absolute Gasteiger partial charge is 0.493 e. The Labute approximate surface area is 183 Å². The van der Waals surface area contributed by atoms with Gasteiger partial charge < -0.3 is 14.2 Å². The van der Waals surface area contributed by atoms with Gasteiger partial charge in [-0.25, -0.2) is 0 Å². The monoisotopic (exact) mass is 475 g/mol. The Balaban J connectivity index is 1.42. The molecule has 2 aromatic carbocycles. The van der Waals surface area contributed by atoms with Crippen molar-refractivity contribution in [1.29, 1.82) is 0 Å². The van der Waals surface area contributed by atoms with Crippen molar-refractivity contribution in [2.45, 2.75) is 19.3 Å². The van der Waals surface area contributed by atoms with Crippen molar-refractivity contribution in [2.24, 2.45) is 0 Å². The number of carbonyl (C=O) groups is 3. The molecule has 0 fully saturated rings. The van der Waals surface area contributed by atoms with Crippen LogP contribution in [-0.4, -0.2) is 50.1 Å². The molecule has 1 aliphatic rings. The van der Waals surface area contributed by atoms with E-state index in [2.05, 4.69) is 15.9 Å². The highest BCUT2D eigenvalue weighted by Gasteiger charge is 2.35. The van der Waals surface area contributed by atoms with Crippen molar-refractivity contribution >= 4 is 33.7 Å². The highest BCUT2D eigenvalue weighted by Crippen LogP contribution is 2.28. The number of esters is 1. The number of ether oxygens (including phenoxy) is 3. The van der Waals surface area contributed by atoms with E-state index in [4.69, 9.17) is 14.2 Å². The van der Waals surface area contributed by atoms with E-state index in [1.54, 1.807) is 38.5 Å². The Morgan fingerprint density at radius 3 is 2.43 bits per heavy atom. The molecule has 1 aliphatic heterocycles. The average molecular weight is 476 g/mol. The molecule has 158 valence electrons. The highest BCUT2D eigenvalue weighted by molar-refractivity contribution is 9.10. The molecule has 30 heavy (non-hydrogen) atoms. The predicted octanol–water partition coefficient (Wildman–Crippen LogP) is 3.63. The summed E-state index contributed by atoms with van der Waals surface area (Å²) in [7, 11) is 3.12. The van der Waals surface area contributed by atoms with Crippen LogP contribution in [0, 0.1) is 0 Å². The van der Waals surface area contributed by atoms with Crippen LogP contribution in [0.4, 0.5) is 0 Å². The van der Waals surface area contributed by atoms with E-state index in [0.29, 0.717) is 35.5 Å². The van der Waals surface area contributed by atoms with Crippen LogP contribution in [0.1, 0.15) is 39.1 Å². The molecule has 0 atom stereocenters. The first kappa shape index (κ1) is 21.8. The van der Waals surface area contributed by atoms with E-state index in [1.165, 1.54) is 4.90 Å². The first-order valence-electron chi connectivity index (χ1n) is 9.47. The Kier molecular flexibility index (Phi) is 7.10. The highest BCUT2D eigenvalue weighted by atomic mass is 79.9. The summed E-state index contributed by atoms with van der Waals surface area (Å²) in [6.07, 6.45) is 1.11. The van der Waals surface area contributed by atoms with Crippen LogP contribution in [0.3, 0.4) is 0 Å². The van der Waals surface area contributed by atoms with E-state index in [1.807, 2.05) is 12.1 Å². The lowest BCUT2D eigenvalue weighted by molar-refractivity contribution is -0.143. The Hall–Kier alpha value is -2.87. The third kappa shape index (κ3) is 4.81. The summed E-state index contributed by atoms with van der Waals surface area (Å²) in [6, 6.07) is 10.5. The Bertz CT molecular complexity index is 974. The molecule has 3 rings (SSSR count). The summed E-state index contributed by atoms with van der Waals surface area (Å²) in [5, 5.41) is 0. The zero-order valence-electron chi connectivity index (χ0n) is 16.8.